The highest BCUT2D eigenvalue weighted by Crippen LogP contribution is 2.25. The fraction of sp³-hybridized carbons (Fsp3) is 0.571. The topological polar surface area (TPSA) is 41.5 Å². The number of hydrogen-bond acceptors (Lipinski definition) is 3. The van der Waals surface area contributed by atoms with E-state index in [9.17, 15) is 0 Å². The molecule has 0 aliphatic rings. The van der Waals surface area contributed by atoms with E-state index in [1.54, 1.807) is 0 Å². The van der Waals surface area contributed by atoms with Crippen LogP contribution in [0.2, 0.25) is 5.02 Å². The van der Waals surface area contributed by atoms with Gasteiger partial charge >= 0.3 is 0 Å². The molecule has 0 atom stereocenters. The molecule has 4 heteroatoms. The zero-order valence-corrected chi connectivity index (χ0v) is 12.0. The molecule has 1 aromatic carbocycles. The van der Waals surface area contributed by atoms with Crippen molar-refractivity contribution in [2.45, 2.75) is 39.3 Å². The van der Waals surface area contributed by atoms with Crippen LogP contribution < -0.4 is 10.1 Å². The molecule has 0 fully saturated rings. The summed E-state index contributed by atoms with van der Waals surface area (Å²) >= 11 is 6.15. The van der Waals surface area contributed by atoms with Crippen molar-refractivity contribution in [1.82, 2.24) is 5.32 Å². The Morgan fingerprint density at radius 3 is 2.67 bits per heavy atom. The van der Waals surface area contributed by atoms with Crippen molar-refractivity contribution in [3.05, 3.63) is 28.8 Å². The number of ether oxygens (including phenoxy) is 1. The Kier molecular flexibility index (Phi) is 5.93. The summed E-state index contributed by atoms with van der Waals surface area (Å²) in [7, 11) is 0. The summed E-state index contributed by atoms with van der Waals surface area (Å²) in [5.74, 6) is 0.726. The Hall–Kier alpha value is -0.770. The first kappa shape index (κ1) is 15.3. The highest BCUT2D eigenvalue weighted by atomic mass is 35.5. The molecule has 102 valence electrons. The van der Waals surface area contributed by atoms with E-state index in [4.69, 9.17) is 21.4 Å². The zero-order valence-electron chi connectivity index (χ0n) is 11.3. The van der Waals surface area contributed by atoms with Crippen molar-refractivity contribution in [3.8, 4) is 5.75 Å². The molecule has 0 amide bonds. The van der Waals surface area contributed by atoms with Gasteiger partial charge in [0.05, 0.1) is 18.2 Å². The number of hydrogen-bond donors (Lipinski definition) is 2. The fourth-order valence-electron chi connectivity index (χ4n) is 1.38. The average Bonchev–Trinajstić information content (AvgIpc) is 2.35. The largest absolute Gasteiger partial charge is 0.492 e. The normalized spacial score (nSPS) is 11.6. The molecule has 1 rings (SSSR count). The van der Waals surface area contributed by atoms with Gasteiger partial charge in [-0.15, -0.1) is 0 Å². The molecule has 0 saturated carbocycles. The second kappa shape index (κ2) is 6.98. The third-order valence-electron chi connectivity index (χ3n) is 2.62. The van der Waals surface area contributed by atoms with Gasteiger partial charge in [-0.05, 0) is 38.0 Å². The van der Waals surface area contributed by atoms with Gasteiger partial charge in [0.2, 0.25) is 0 Å². The van der Waals surface area contributed by atoms with Gasteiger partial charge in [-0.1, -0.05) is 24.6 Å². The van der Waals surface area contributed by atoms with Crippen LogP contribution in [-0.2, 0) is 6.54 Å². The van der Waals surface area contributed by atoms with Crippen LogP contribution in [0, 0.1) is 0 Å². The van der Waals surface area contributed by atoms with Crippen LogP contribution in [0.4, 0.5) is 0 Å². The SMILES string of the molecule is CCCOc1ccc(CNC(C)(C)CO)cc1Cl. The number of benzene rings is 1. The smallest absolute Gasteiger partial charge is 0.137 e. The van der Waals surface area contributed by atoms with Gasteiger partial charge in [-0.25, -0.2) is 0 Å². The Morgan fingerprint density at radius 1 is 1.39 bits per heavy atom. The molecule has 0 aliphatic carbocycles. The van der Waals surface area contributed by atoms with E-state index in [0.29, 0.717) is 18.2 Å². The van der Waals surface area contributed by atoms with Crippen LogP contribution in [0.25, 0.3) is 0 Å². The van der Waals surface area contributed by atoms with Gasteiger partial charge in [-0.2, -0.15) is 0 Å². The molecular weight excluding hydrogens is 250 g/mol. The molecule has 0 radical (unpaired) electrons. The maximum Gasteiger partial charge on any atom is 0.137 e. The van der Waals surface area contributed by atoms with Crippen molar-refractivity contribution in [3.63, 3.8) is 0 Å². The molecule has 0 unspecified atom stereocenters. The van der Waals surface area contributed by atoms with E-state index < -0.39 is 0 Å². The van der Waals surface area contributed by atoms with Crippen LogP contribution >= 0.6 is 11.6 Å². The van der Waals surface area contributed by atoms with Gasteiger partial charge in [0.25, 0.3) is 0 Å². The van der Waals surface area contributed by atoms with Crippen LogP contribution in [0.5, 0.6) is 5.75 Å². The van der Waals surface area contributed by atoms with Crippen molar-refractivity contribution in [2.75, 3.05) is 13.2 Å². The first-order valence-corrected chi connectivity index (χ1v) is 6.63. The Labute approximate surface area is 114 Å². The highest BCUT2D eigenvalue weighted by molar-refractivity contribution is 6.32. The quantitative estimate of drug-likeness (QED) is 0.801. The first-order chi connectivity index (χ1) is 8.48. The lowest BCUT2D eigenvalue weighted by molar-refractivity contribution is 0.187. The van der Waals surface area contributed by atoms with Crippen LogP contribution in [-0.4, -0.2) is 23.9 Å². The van der Waals surface area contributed by atoms with E-state index in [-0.39, 0.29) is 12.1 Å². The Bertz CT molecular complexity index is 380. The van der Waals surface area contributed by atoms with E-state index in [1.807, 2.05) is 32.0 Å². The van der Waals surface area contributed by atoms with Gasteiger partial charge in [0, 0.05) is 12.1 Å². The number of halogens is 1. The van der Waals surface area contributed by atoms with Crippen molar-refractivity contribution in [1.29, 1.82) is 0 Å². The van der Waals surface area contributed by atoms with Crippen LogP contribution in [0.15, 0.2) is 18.2 Å². The molecule has 0 aliphatic heterocycles. The average molecular weight is 272 g/mol. The maximum atomic E-state index is 9.16. The Balaban J connectivity index is 2.61. The van der Waals surface area contributed by atoms with Gasteiger partial charge in [0.1, 0.15) is 5.75 Å². The molecule has 0 bridgehead atoms. The lowest BCUT2D eigenvalue weighted by atomic mass is 10.1. The summed E-state index contributed by atoms with van der Waals surface area (Å²) in [6, 6.07) is 5.77. The second-order valence-electron chi connectivity index (χ2n) is 5.01. The summed E-state index contributed by atoms with van der Waals surface area (Å²) in [5, 5.41) is 13.1. The summed E-state index contributed by atoms with van der Waals surface area (Å²) in [6.07, 6.45) is 0.963. The maximum absolute atomic E-state index is 9.16. The van der Waals surface area contributed by atoms with Crippen molar-refractivity contribution < 1.29 is 9.84 Å². The molecule has 1 aromatic rings. The standard InChI is InChI=1S/C14H22ClNO2/c1-4-7-18-13-6-5-11(8-12(13)15)9-16-14(2,3)10-17/h5-6,8,16-17H,4,7,9-10H2,1-3H3. The van der Waals surface area contributed by atoms with Crippen LogP contribution in [0.1, 0.15) is 32.8 Å². The number of nitrogens with one attached hydrogen (secondary N) is 1. The first-order valence-electron chi connectivity index (χ1n) is 6.25. The molecule has 0 spiro atoms. The summed E-state index contributed by atoms with van der Waals surface area (Å²) in [5.41, 5.74) is 0.787. The zero-order chi connectivity index (χ0) is 13.6. The molecule has 3 nitrogen and oxygen atoms in total. The van der Waals surface area contributed by atoms with Gasteiger partial charge < -0.3 is 15.2 Å². The van der Waals surface area contributed by atoms with E-state index >= 15 is 0 Å². The van der Waals surface area contributed by atoms with Crippen molar-refractivity contribution >= 4 is 11.6 Å². The van der Waals surface area contributed by atoms with E-state index in [1.165, 1.54) is 0 Å². The summed E-state index contributed by atoms with van der Waals surface area (Å²) in [6.45, 7) is 7.40. The van der Waals surface area contributed by atoms with Crippen LogP contribution in [0.3, 0.4) is 0 Å². The number of aliphatic hydroxyl groups excluding tert-OH is 1. The number of rotatable bonds is 7. The Morgan fingerprint density at radius 2 is 2.11 bits per heavy atom. The number of aliphatic hydroxyl groups is 1. The second-order valence-corrected chi connectivity index (χ2v) is 5.42. The van der Waals surface area contributed by atoms with Gasteiger partial charge in [0.15, 0.2) is 0 Å². The lowest BCUT2D eigenvalue weighted by Crippen LogP contribution is -2.42. The predicted octanol–water partition coefficient (Wildman–Crippen LogP) is 2.99. The van der Waals surface area contributed by atoms with Crippen molar-refractivity contribution in [2.24, 2.45) is 0 Å². The van der Waals surface area contributed by atoms with Gasteiger partial charge in [-0.3, -0.25) is 0 Å². The molecule has 18 heavy (non-hydrogen) atoms. The third-order valence-corrected chi connectivity index (χ3v) is 2.92. The minimum atomic E-state index is -0.288. The monoisotopic (exact) mass is 271 g/mol. The lowest BCUT2D eigenvalue weighted by Gasteiger charge is -2.23. The van der Waals surface area contributed by atoms with E-state index in [2.05, 4.69) is 12.2 Å². The molecule has 2 N–H and O–H groups in total. The predicted molar refractivity (Wildman–Crippen MR) is 75.2 cm³/mol. The molecule has 0 saturated heterocycles. The molecule has 0 aromatic heterocycles. The molecule has 0 heterocycles. The fourth-order valence-corrected chi connectivity index (χ4v) is 1.64. The molecular formula is C14H22ClNO2. The highest BCUT2D eigenvalue weighted by Gasteiger charge is 2.15. The minimum absolute atomic E-state index is 0.0957. The minimum Gasteiger partial charge on any atom is -0.492 e. The summed E-state index contributed by atoms with van der Waals surface area (Å²) in [4.78, 5) is 0. The summed E-state index contributed by atoms with van der Waals surface area (Å²) < 4.78 is 5.52. The third kappa shape index (κ3) is 4.84. The van der Waals surface area contributed by atoms with E-state index in [0.717, 1.165) is 17.7 Å².